The van der Waals surface area contributed by atoms with Crippen molar-refractivity contribution in [3.05, 3.63) is 28.3 Å². The van der Waals surface area contributed by atoms with E-state index in [1.54, 1.807) is 0 Å². The van der Waals surface area contributed by atoms with E-state index in [9.17, 15) is 18.0 Å². The standard InChI is InChI=1S/C15H11Cl2F3N2O/c16-7-9-5-12-10(6-11(9)17)14(15(18,19)20,22-13(23)21-12)4-3-8-1-2-8/h5-6,8H,1-2,7H2,(H2,21,22,23). The number of halogens is 5. The molecular formula is C15H11Cl2F3N2O. The Balaban J connectivity index is 2.23. The summed E-state index contributed by atoms with van der Waals surface area (Å²) in [6.45, 7) is 0. The van der Waals surface area contributed by atoms with E-state index >= 15 is 0 Å². The number of carbonyl (C=O) groups is 1. The highest BCUT2D eigenvalue weighted by molar-refractivity contribution is 6.32. The van der Waals surface area contributed by atoms with Crippen LogP contribution in [0, 0.1) is 17.8 Å². The average Bonchev–Trinajstić information content (AvgIpc) is 3.27. The topological polar surface area (TPSA) is 41.1 Å². The Hall–Kier alpha value is -1.58. The molecule has 2 amide bonds. The van der Waals surface area contributed by atoms with Crippen molar-refractivity contribution in [3.63, 3.8) is 0 Å². The van der Waals surface area contributed by atoms with Crippen molar-refractivity contribution in [1.29, 1.82) is 0 Å². The molecule has 0 bridgehead atoms. The summed E-state index contributed by atoms with van der Waals surface area (Å²) in [5.41, 5.74) is -2.56. The predicted molar refractivity (Wildman–Crippen MR) is 81.4 cm³/mol. The molecule has 0 aromatic heterocycles. The van der Waals surface area contributed by atoms with Crippen molar-refractivity contribution >= 4 is 34.9 Å². The minimum absolute atomic E-state index is 0.0104. The smallest absolute Gasteiger partial charge is 0.310 e. The third-order valence-electron chi connectivity index (χ3n) is 3.75. The highest BCUT2D eigenvalue weighted by atomic mass is 35.5. The van der Waals surface area contributed by atoms with Crippen LogP contribution < -0.4 is 10.6 Å². The van der Waals surface area contributed by atoms with Crippen molar-refractivity contribution in [2.75, 3.05) is 5.32 Å². The quantitative estimate of drug-likeness (QED) is 0.564. The molecule has 1 fully saturated rings. The minimum Gasteiger partial charge on any atom is -0.310 e. The Morgan fingerprint density at radius 3 is 2.61 bits per heavy atom. The first-order valence-electron chi connectivity index (χ1n) is 6.84. The summed E-state index contributed by atoms with van der Waals surface area (Å²) in [6, 6.07) is 1.54. The molecule has 1 heterocycles. The van der Waals surface area contributed by atoms with Gasteiger partial charge < -0.3 is 10.6 Å². The van der Waals surface area contributed by atoms with E-state index in [2.05, 4.69) is 17.2 Å². The number of urea groups is 1. The zero-order valence-corrected chi connectivity index (χ0v) is 13.2. The number of benzene rings is 1. The lowest BCUT2D eigenvalue weighted by molar-refractivity contribution is -0.178. The Morgan fingerprint density at radius 2 is 2.04 bits per heavy atom. The van der Waals surface area contributed by atoms with Crippen LogP contribution in [-0.2, 0) is 11.4 Å². The fraction of sp³-hybridized carbons (Fsp3) is 0.400. The molecule has 2 aliphatic rings. The van der Waals surface area contributed by atoms with E-state index in [1.165, 1.54) is 6.07 Å². The van der Waals surface area contributed by atoms with E-state index in [-0.39, 0.29) is 28.1 Å². The molecule has 23 heavy (non-hydrogen) atoms. The fourth-order valence-corrected chi connectivity index (χ4v) is 2.88. The van der Waals surface area contributed by atoms with Gasteiger partial charge in [-0.15, -0.1) is 11.6 Å². The number of rotatable bonds is 1. The first kappa shape index (κ1) is 16.3. The van der Waals surface area contributed by atoms with Gasteiger partial charge in [-0.2, -0.15) is 13.2 Å². The van der Waals surface area contributed by atoms with Gasteiger partial charge in [0.15, 0.2) is 0 Å². The molecule has 0 spiro atoms. The predicted octanol–water partition coefficient (Wildman–Crippen LogP) is 4.38. The summed E-state index contributed by atoms with van der Waals surface area (Å²) in [5, 5.41) is 4.39. The summed E-state index contributed by atoms with van der Waals surface area (Å²) >= 11 is 11.7. The molecule has 1 aliphatic heterocycles. The lowest BCUT2D eigenvalue weighted by atomic mass is 9.85. The summed E-state index contributed by atoms with van der Waals surface area (Å²) in [6.07, 6.45) is -3.26. The van der Waals surface area contributed by atoms with Gasteiger partial charge in [0, 0.05) is 28.1 Å². The summed E-state index contributed by atoms with van der Waals surface area (Å²) in [4.78, 5) is 11.8. The molecule has 8 heteroatoms. The lowest BCUT2D eigenvalue weighted by Gasteiger charge is -2.37. The summed E-state index contributed by atoms with van der Waals surface area (Å²) in [7, 11) is 0. The number of amides is 2. The molecule has 2 N–H and O–H groups in total. The first-order chi connectivity index (χ1) is 10.8. The van der Waals surface area contributed by atoms with Crippen molar-refractivity contribution in [3.8, 4) is 11.8 Å². The molecular weight excluding hydrogens is 352 g/mol. The van der Waals surface area contributed by atoms with Crippen LogP contribution in [0.2, 0.25) is 5.02 Å². The van der Waals surface area contributed by atoms with E-state index in [1.807, 2.05) is 5.32 Å². The average molecular weight is 363 g/mol. The van der Waals surface area contributed by atoms with E-state index in [4.69, 9.17) is 23.2 Å². The monoisotopic (exact) mass is 362 g/mol. The molecule has 1 aromatic rings. The summed E-state index contributed by atoms with van der Waals surface area (Å²) < 4.78 is 41.5. The van der Waals surface area contributed by atoms with Gasteiger partial charge in [-0.05, 0) is 30.5 Å². The van der Waals surface area contributed by atoms with Gasteiger partial charge in [-0.3, -0.25) is 0 Å². The van der Waals surface area contributed by atoms with Gasteiger partial charge in [0.2, 0.25) is 5.54 Å². The van der Waals surface area contributed by atoms with Crippen LogP contribution in [0.25, 0.3) is 0 Å². The highest BCUT2D eigenvalue weighted by Crippen LogP contribution is 2.45. The molecule has 1 atom stereocenters. The second-order valence-electron chi connectivity index (χ2n) is 5.49. The Labute approximate surface area is 140 Å². The van der Waals surface area contributed by atoms with Crippen molar-refractivity contribution in [2.24, 2.45) is 5.92 Å². The van der Waals surface area contributed by atoms with Crippen LogP contribution in [0.15, 0.2) is 12.1 Å². The summed E-state index contributed by atoms with van der Waals surface area (Å²) in [5.74, 6) is 4.81. The SMILES string of the molecule is O=C1Nc2cc(CCl)c(Cl)cc2C(C#CC2CC2)(C(F)(F)F)N1. The van der Waals surface area contributed by atoms with Crippen LogP contribution in [0.5, 0.6) is 0 Å². The zero-order chi connectivity index (χ0) is 16.8. The van der Waals surface area contributed by atoms with E-state index in [0.717, 1.165) is 18.9 Å². The number of alkyl halides is 4. The number of nitrogens with one attached hydrogen (secondary N) is 2. The fourth-order valence-electron chi connectivity index (χ4n) is 2.36. The number of carbonyl (C=O) groups excluding carboxylic acids is 1. The highest BCUT2D eigenvalue weighted by Gasteiger charge is 2.59. The molecule has 122 valence electrons. The van der Waals surface area contributed by atoms with Crippen LogP contribution >= 0.6 is 23.2 Å². The van der Waals surface area contributed by atoms with E-state index in [0.29, 0.717) is 5.56 Å². The molecule has 3 rings (SSSR count). The largest absolute Gasteiger partial charge is 0.427 e. The maximum absolute atomic E-state index is 13.8. The third-order valence-corrected chi connectivity index (χ3v) is 4.39. The maximum atomic E-state index is 13.8. The van der Waals surface area contributed by atoms with E-state index < -0.39 is 17.7 Å². The molecule has 1 aromatic carbocycles. The Bertz CT molecular complexity index is 735. The Morgan fingerprint density at radius 1 is 1.35 bits per heavy atom. The van der Waals surface area contributed by atoms with Gasteiger partial charge in [0.1, 0.15) is 0 Å². The van der Waals surface area contributed by atoms with Crippen LogP contribution in [0.3, 0.4) is 0 Å². The lowest BCUT2D eigenvalue weighted by Crippen LogP contribution is -2.59. The molecule has 0 radical (unpaired) electrons. The molecule has 1 aliphatic carbocycles. The van der Waals surface area contributed by atoms with Gasteiger partial charge in [-0.25, -0.2) is 4.79 Å². The molecule has 1 saturated carbocycles. The second-order valence-corrected chi connectivity index (χ2v) is 6.17. The van der Waals surface area contributed by atoms with Crippen LogP contribution in [0.1, 0.15) is 24.0 Å². The minimum atomic E-state index is -4.80. The third kappa shape index (κ3) is 2.84. The Kier molecular flexibility index (Phi) is 3.89. The van der Waals surface area contributed by atoms with Crippen molar-refractivity contribution < 1.29 is 18.0 Å². The van der Waals surface area contributed by atoms with Crippen molar-refractivity contribution in [2.45, 2.75) is 30.4 Å². The second kappa shape index (κ2) is 5.50. The number of hydrogen-bond acceptors (Lipinski definition) is 1. The zero-order valence-electron chi connectivity index (χ0n) is 11.7. The maximum Gasteiger partial charge on any atom is 0.427 e. The van der Waals surface area contributed by atoms with Gasteiger partial charge in [-0.1, -0.05) is 23.4 Å². The van der Waals surface area contributed by atoms with Crippen molar-refractivity contribution in [1.82, 2.24) is 5.32 Å². The first-order valence-corrected chi connectivity index (χ1v) is 7.75. The number of fused-ring (bicyclic) bond motifs is 1. The normalized spacial score (nSPS) is 23.3. The molecule has 1 unspecified atom stereocenters. The van der Waals surface area contributed by atoms with Crippen LogP contribution in [-0.4, -0.2) is 12.2 Å². The van der Waals surface area contributed by atoms with Gasteiger partial charge >= 0.3 is 12.2 Å². The molecule has 3 nitrogen and oxygen atoms in total. The number of anilines is 1. The van der Waals surface area contributed by atoms with Crippen LogP contribution in [0.4, 0.5) is 23.7 Å². The number of hydrogen-bond donors (Lipinski definition) is 2. The molecule has 0 saturated heterocycles. The van der Waals surface area contributed by atoms with Gasteiger partial charge in [0.25, 0.3) is 0 Å². The van der Waals surface area contributed by atoms with Gasteiger partial charge in [0.05, 0.1) is 0 Å².